The largest absolute Gasteiger partial charge is 0.496 e. The van der Waals surface area contributed by atoms with Crippen LogP contribution in [-0.4, -0.2) is 36.8 Å². The molecule has 4 heteroatoms. The Kier molecular flexibility index (Phi) is 7.39. The van der Waals surface area contributed by atoms with Crippen LogP contribution >= 0.6 is 12.4 Å². The highest BCUT2D eigenvalue weighted by Crippen LogP contribution is 2.37. The minimum atomic E-state index is -0.371. The van der Waals surface area contributed by atoms with Crippen LogP contribution < -0.4 is 4.74 Å². The minimum Gasteiger partial charge on any atom is -0.496 e. The average Bonchev–Trinajstić information content (AvgIpc) is 2.88. The highest BCUT2D eigenvalue weighted by Gasteiger charge is 2.28. The van der Waals surface area contributed by atoms with Crippen molar-refractivity contribution in [2.45, 2.75) is 44.1 Å². The number of likely N-dealkylation sites (tertiary alicyclic amines) is 1. The van der Waals surface area contributed by atoms with Gasteiger partial charge in [-0.25, -0.2) is 0 Å². The predicted octanol–water partition coefficient (Wildman–Crippen LogP) is 4.98. The van der Waals surface area contributed by atoms with Crippen molar-refractivity contribution in [1.29, 1.82) is 0 Å². The average molecular weight is 402 g/mol. The Hall–Kier alpha value is -1.55. The predicted molar refractivity (Wildman–Crippen MR) is 116 cm³/mol. The molecule has 1 heterocycles. The lowest BCUT2D eigenvalue weighted by Gasteiger charge is -2.34. The van der Waals surface area contributed by atoms with Crippen molar-refractivity contribution in [3.05, 3.63) is 65.2 Å². The molecule has 4 rings (SSSR count). The number of hydrogen-bond acceptors (Lipinski definition) is 3. The number of nitrogens with zero attached hydrogens (tertiary/aromatic N) is 1. The molecule has 2 aliphatic rings. The van der Waals surface area contributed by atoms with Crippen molar-refractivity contribution >= 4 is 12.4 Å². The first-order valence-electron chi connectivity index (χ1n) is 10.4. The first-order chi connectivity index (χ1) is 13.2. The fourth-order valence-corrected chi connectivity index (χ4v) is 4.97. The van der Waals surface area contributed by atoms with Crippen LogP contribution in [-0.2, 0) is 6.42 Å². The number of fused-ring (bicyclic) bond motifs is 1. The molecule has 0 aromatic heterocycles. The summed E-state index contributed by atoms with van der Waals surface area (Å²) in [6, 6.07) is 17.0. The second kappa shape index (κ2) is 9.78. The van der Waals surface area contributed by atoms with Crippen LogP contribution in [0.3, 0.4) is 0 Å². The van der Waals surface area contributed by atoms with Crippen LogP contribution in [0.2, 0.25) is 0 Å². The number of aliphatic hydroxyl groups is 1. The Balaban J connectivity index is 0.00000225. The molecule has 0 bridgehead atoms. The zero-order valence-corrected chi connectivity index (χ0v) is 17.5. The van der Waals surface area contributed by atoms with E-state index < -0.39 is 0 Å². The van der Waals surface area contributed by atoms with Gasteiger partial charge in [0.2, 0.25) is 0 Å². The Labute approximate surface area is 175 Å². The fourth-order valence-electron chi connectivity index (χ4n) is 4.97. The summed E-state index contributed by atoms with van der Waals surface area (Å²) in [5.41, 5.74) is 3.77. The van der Waals surface area contributed by atoms with E-state index in [0.29, 0.717) is 11.8 Å². The Morgan fingerprint density at radius 3 is 2.46 bits per heavy atom. The van der Waals surface area contributed by atoms with E-state index in [9.17, 15) is 5.11 Å². The van der Waals surface area contributed by atoms with Crippen molar-refractivity contribution in [2.24, 2.45) is 5.92 Å². The molecule has 0 saturated carbocycles. The van der Waals surface area contributed by atoms with Gasteiger partial charge in [-0.05, 0) is 79.8 Å². The molecule has 2 aromatic carbocycles. The first-order valence-corrected chi connectivity index (χ1v) is 10.4. The number of rotatable bonds is 4. The Bertz CT molecular complexity index is 744. The monoisotopic (exact) mass is 401 g/mol. The maximum atomic E-state index is 10.8. The van der Waals surface area contributed by atoms with Crippen LogP contribution in [0.5, 0.6) is 5.75 Å². The quantitative estimate of drug-likeness (QED) is 0.733. The third kappa shape index (κ3) is 4.71. The normalized spacial score (nSPS) is 23.4. The molecule has 3 nitrogen and oxygen atoms in total. The highest BCUT2D eigenvalue weighted by atomic mass is 35.5. The number of ether oxygens (including phenoxy) is 1. The number of halogens is 1. The molecule has 0 unspecified atom stereocenters. The van der Waals surface area contributed by atoms with E-state index in [-0.39, 0.29) is 18.5 Å². The summed E-state index contributed by atoms with van der Waals surface area (Å²) in [6.45, 7) is 3.44. The molecule has 28 heavy (non-hydrogen) atoms. The summed E-state index contributed by atoms with van der Waals surface area (Å²) in [5.74, 6) is 2.18. The van der Waals surface area contributed by atoms with Gasteiger partial charge in [-0.2, -0.15) is 0 Å². The lowest BCUT2D eigenvalue weighted by Crippen LogP contribution is -2.36. The van der Waals surface area contributed by atoms with E-state index >= 15 is 0 Å². The zero-order valence-electron chi connectivity index (χ0n) is 16.7. The van der Waals surface area contributed by atoms with E-state index in [0.717, 1.165) is 37.1 Å². The second-order valence-corrected chi connectivity index (χ2v) is 8.17. The van der Waals surface area contributed by atoms with Crippen LogP contribution in [0.1, 0.15) is 54.4 Å². The van der Waals surface area contributed by atoms with Gasteiger partial charge in [0, 0.05) is 6.54 Å². The van der Waals surface area contributed by atoms with Gasteiger partial charge in [-0.15, -0.1) is 12.4 Å². The van der Waals surface area contributed by atoms with Gasteiger partial charge in [0.15, 0.2) is 0 Å². The van der Waals surface area contributed by atoms with Gasteiger partial charge >= 0.3 is 0 Å². The maximum absolute atomic E-state index is 10.8. The maximum Gasteiger partial charge on any atom is 0.122 e. The number of hydrogen-bond donors (Lipinski definition) is 1. The molecule has 0 spiro atoms. The summed E-state index contributed by atoms with van der Waals surface area (Å²) >= 11 is 0. The van der Waals surface area contributed by atoms with Crippen LogP contribution in [0.15, 0.2) is 48.5 Å². The SMILES string of the molecule is COc1cccc2c1CC[C@H](CN1CCC(c3ccccc3)CC1)C[C@@H]2O.Cl. The summed E-state index contributed by atoms with van der Waals surface area (Å²) in [5, 5.41) is 10.8. The molecule has 2 atom stereocenters. The molecule has 0 amide bonds. The van der Waals surface area contributed by atoms with Gasteiger partial charge in [0.1, 0.15) is 5.75 Å². The number of aliphatic hydroxyl groups excluding tert-OH is 1. The van der Waals surface area contributed by atoms with E-state index in [2.05, 4.69) is 41.3 Å². The molecule has 1 saturated heterocycles. The van der Waals surface area contributed by atoms with E-state index in [1.807, 2.05) is 12.1 Å². The molecule has 1 fully saturated rings. The zero-order chi connectivity index (χ0) is 18.6. The van der Waals surface area contributed by atoms with Crippen molar-refractivity contribution in [3.63, 3.8) is 0 Å². The highest BCUT2D eigenvalue weighted by molar-refractivity contribution is 5.85. The smallest absolute Gasteiger partial charge is 0.122 e. The van der Waals surface area contributed by atoms with Gasteiger partial charge in [0.25, 0.3) is 0 Å². The fraction of sp³-hybridized carbons (Fsp3) is 0.500. The number of methoxy groups -OCH3 is 1. The molecule has 152 valence electrons. The Morgan fingerprint density at radius 1 is 1.00 bits per heavy atom. The van der Waals surface area contributed by atoms with Crippen LogP contribution in [0, 0.1) is 5.92 Å². The summed E-state index contributed by atoms with van der Waals surface area (Å²) in [4.78, 5) is 2.62. The lowest BCUT2D eigenvalue weighted by molar-refractivity contribution is 0.117. The van der Waals surface area contributed by atoms with Gasteiger partial charge in [-0.1, -0.05) is 42.5 Å². The third-order valence-electron chi connectivity index (χ3n) is 6.48. The van der Waals surface area contributed by atoms with Crippen molar-refractivity contribution in [2.75, 3.05) is 26.7 Å². The van der Waals surface area contributed by atoms with Crippen LogP contribution in [0.25, 0.3) is 0 Å². The van der Waals surface area contributed by atoms with E-state index in [4.69, 9.17) is 4.74 Å². The van der Waals surface area contributed by atoms with Crippen LogP contribution in [0.4, 0.5) is 0 Å². The molecule has 0 radical (unpaired) electrons. The van der Waals surface area contributed by atoms with E-state index in [1.54, 1.807) is 7.11 Å². The van der Waals surface area contributed by atoms with Crippen molar-refractivity contribution in [1.82, 2.24) is 4.90 Å². The van der Waals surface area contributed by atoms with E-state index in [1.165, 1.54) is 37.1 Å². The lowest BCUT2D eigenvalue weighted by atomic mass is 9.88. The van der Waals surface area contributed by atoms with Gasteiger partial charge in [0.05, 0.1) is 13.2 Å². The summed E-state index contributed by atoms with van der Waals surface area (Å²) in [7, 11) is 1.72. The second-order valence-electron chi connectivity index (χ2n) is 8.17. The summed E-state index contributed by atoms with van der Waals surface area (Å²) in [6.07, 6.45) is 5.11. The topological polar surface area (TPSA) is 32.7 Å². The molecule has 2 aromatic rings. The number of piperidine rings is 1. The van der Waals surface area contributed by atoms with Crippen molar-refractivity contribution in [3.8, 4) is 5.75 Å². The molecular weight excluding hydrogens is 370 g/mol. The first kappa shape index (κ1) is 21.2. The number of benzene rings is 2. The molecule has 1 N–H and O–H groups in total. The van der Waals surface area contributed by atoms with Crippen molar-refractivity contribution < 1.29 is 9.84 Å². The Morgan fingerprint density at radius 2 is 1.75 bits per heavy atom. The molecule has 1 aliphatic carbocycles. The third-order valence-corrected chi connectivity index (χ3v) is 6.48. The molecule has 1 aliphatic heterocycles. The molecular formula is C24H32ClNO2. The van der Waals surface area contributed by atoms with Gasteiger partial charge in [-0.3, -0.25) is 0 Å². The summed E-state index contributed by atoms with van der Waals surface area (Å²) < 4.78 is 5.53. The minimum absolute atomic E-state index is 0. The standard InChI is InChI=1S/C24H31NO2.ClH/c1-27-24-9-5-8-21-22(24)11-10-18(16-23(21)26)17-25-14-12-20(13-15-25)19-6-3-2-4-7-19;/h2-9,18,20,23,26H,10-17H2,1H3;1H/t18-,23-;/m0./s1. The van der Waals surface area contributed by atoms with Gasteiger partial charge < -0.3 is 14.7 Å².